The van der Waals surface area contributed by atoms with Gasteiger partial charge in [-0.1, -0.05) is 38.0 Å². The minimum Gasteiger partial charge on any atom is -0.267 e. The van der Waals surface area contributed by atoms with E-state index in [0.29, 0.717) is 17.3 Å². The maximum Gasteiger partial charge on any atom is 0.292 e. The molecule has 0 saturated carbocycles. The molecule has 3 rings (SSSR count). The van der Waals surface area contributed by atoms with Crippen molar-refractivity contribution in [2.24, 2.45) is 5.10 Å². The lowest BCUT2D eigenvalue weighted by atomic mass is 10.1. The van der Waals surface area contributed by atoms with Crippen molar-refractivity contribution >= 4 is 33.7 Å². The Balaban J connectivity index is 1.93. The van der Waals surface area contributed by atoms with Gasteiger partial charge in [-0.05, 0) is 38.5 Å². The number of hydrazone groups is 1. The first kappa shape index (κ1) is 19.9. The Hall–Kier alpha value is -2.80. The van der Waals surface area contributed by atoms with Gasteiger partial charge in [0.25, 0.3) is 11.5 Å². The predicted octanol–water partition coefficient (Wildman–Crippen LogP) is 4.11. The monoisotopic (exact) mass is 396 g/mol. The van der Waals surface area contributed by atoms with E-state index in [2.05, 4.69) is 22.5 Å². The average Bonchev–Trinajstić information content (AvgIpc) is 3.14. The molecule has 3 aromatic rings. The molecule has 2 aromatic heterocycles. The highest BCUT2D eigenvalue weighted by molar-refractivity contribution is 7.14. The topological polar surface area (TPSA) is 76.3 Å². The van der Waals surface area contributed by atoms with Crippen LogP contribution in [-0.4, -0.2) is 21.4 Å². The summed E-state index contributed by atoms with van der Waals surface area (Å²) in [4.78, 5) is 27.7. The van der Waals surface area contributed by atoms with E-state index in [0.717, 1.165) is 29.9 Å². The van der Waals surface area contributed by atoms with Crippen LogP contribution in [0.4, 0.5) is 0 Å². The average molecular weight is 397 g/mol. The van der Waals surface area contributed by atoms with Gasteiger partial charge in [-0.15, -0.1) is 11.3 Å². The highest BCUT2D eigenvalue weighted by Gasteiger charge is 2.16. The van der Waals surface area contributed by atoms with E-state index in [4.69, 9.17) is 0 Å². The summed E-state index contributed by atoms with van der Waals surface area (Å²) in [6, 6.07) is 11.1. The molecule has 0 saturated heterocycles. The van der Waals surface area contributed by atoms with Crippen molar-refractivity contribution in [3.05, 3.63) is 62.2 Å². The van der Waals surface area contributed by atoms with Gasteiger partial charge in [-0.3, -0.25) is 9.59 Å². The summed E-state index contributed by atoms with van der Waals surface area (Å²) < 4.78 is 1.39. The van der Waals surface area contributed by atoms with Crippen molar-refractivity contribution in [3.63, 3.8) is 0 Å². The minimum atomic E-state index is -0.423. The Morgan fingerprint density at radius 2 is 1.93 bits per heavy atom. The van der Waals surface area contributed by atoms with E-state index < -0.39 is 5.91 Å². The van der Waals surface area contributed by atoms with Crippen molar-refractivity contribution in [2.75, 3.05) is 0 Å². The van der Waals surface area contributed by atoms with E-state index >= 15 is 0 Å². The molecule has 0 atom stereocenters. The fourth-order valence-electron chi connectivity index (χ4n) is 2.94. The number of aryl methyl sites for hydroxylation is 2. The highest BCUT2D eigenvalue weighted by Crippen LogP contribution is 2.16. The van der Waals surface area contributed by atoms with Gasteiger partial charge in [0.05, 0.1) is 16.0 Å². The number of hydrogen-bond donors (Lipinski definition) is 1. The summed E-state index contributed by atoms with van der Waals surface area (Å²) in [5, 5.41) is 9.60. The maximum absolute atomic E-state index is 12.8. The Bertz CT molecular complexity index is 1080. The molecular weight excluding hydrogens is 372 g/mol. The second-order valence-electron chi connectivity index (χ2n) is 6.68. The van der Waals surface area contributed by atoms with Crippen molar-refractivity contribution in [1.82, 2.24) is 15.2 Å². The molecule has 0 aliphatic carbocycles. The zero-order valence-electron chi connectivity index (χ0n) is 16.4. The van der Waals surface area contributed by atoms with Gasteiger partial charge >= 0.3 is 0 Å². The van der Waals surface area contributed by atoms with Crippen LogP contribution < -0.4 is 11.0 Å². The molecule has 146 valence electrons. The van der Waals surface area contributed by atoms with Crippen molar-refractivity contribution in [2.45, 2.75) is 46.6 Å². The fraction of sp³-hybridized carbons (Fsp3) is 0.333. The zero-order chi connectivity index (χ0) is 20.1. The lowest BCUT2D eigenvalue weighted by molar-refractivity contribution is 0.0949. The molecule has 7 heteroatoms. The normalized spacial score (nSPS) is 11.8. The van der Waals surface area contributed by atoms with E-state index in [1.807, 2.05) is 26.0 Å². The van der Waals surface area contributed by atoms with Crippen molar-refractivity contribution in [1.29, 1.82) is 0 Å². The lowest BCUT2D eigenvalue weighted by Crippen LogP contribution is -2.29. The van der Waals surface area contributed by atoms with Crippen LogP contribution in [0.2, 0.25) is 0 Å². The largest absolute Gasteiger partial charge is 0.292 e. The molecule has 1 aromatic carbocycles. The third-order valence-corrected chi connectivity index (χ3v) is 5.59. The van der Waals surface area contributed by atoms with Gasteiger partial charge in [-0.25, -0.2) is 10.1 Å². The highest BCUT2D eigenvalue weighted by atomic mass is 32.1. The second-order valence-corrected chi connectivity index (χ2v) is 7.97. The number of benzene rings is 1. The Labute approximate surface area is 167 Å². The molecule has 0 spiro atoms. The number of amides is 1. The number of fused-ring (bicyclic) bond motifs is 1. The van der Waals surface area contributed by atoms with E-state index in [9.17, 15) is 9.59 Å². The summed E-state index contributed by atoms with van der Waals surface area (Å²) in [6.07, 6.45) is 2.90. The van der Waals surface area contributed by atoms with Crippen LogP contribution in [0, 0.1) is 6.92 Å². The summed E-state index contributed by atoms with van der Waals surface area (Å²) in [5.74, 6) is -0.423. The number of carbonyl (C=O) groups is 1. The SMILES string of the molecule is CCCCCn1nc(C(=O)N/N=C(/C)c2ccc(C)s2)c2ccccc2c1=O. The first-order chi connectivity index (χ1) is 13.5. The molecule has 0 unspecified atom stereocenters. The van der Waals surface area contributed by atoms with Crippen LogP contribution in [0.3, 0.4) is 0 Å². The third kappa shape index (κ3) is 4.36. The Morgan fingerprint density at radius 1 is 1.18 bits per heavy atom. The van der Waals surface area contributed by atoms with Gasteiger partial charge in [0.2, 0.25) is 0 Å². The number of carbonyl (C=O) groups excluding carboxylic acids is 1. The molecule has 28 heavy (non-hydrogen) atoms. The molecular formula is C21H24N4O2S. The lowest BCUT2D eigenvalue weighted by Gasteiger charge is -2.10. The van der Waals surface area contributed by atoms with Gasteiger partial charge in [0.15, 0.2) is 5.69 Å². The molecule has 0 aliphatic rings. The van der Waals surface area contributed by atoms with E-state index in [-0.39, 0.29) is 11.3 Å². The summed E-state index contributed by atoms with van der Waals surface area (Å²) in [6.45, 7) is 6.47. The van der Waals surface area contributed by atoms with Gasteiger partial charge in [0, 0.05) is 16.8 Å². The number of unbranched alkanes of at least 4 members (excludes halogenated alkanes) is 2. The van der Waals surface area contributed by atoms with Crippen LogP contribution in [0.25, 0.3) is 10.8 Å². The van der Waals surface area contributed by atoms with Crippen molar-refractivity contribution < 1.29 is 4.79 Å². The van der Waals surface area contributed by atoms with E-state index in [1.54, 1.807) is 35.6 Å². The Morgan fingerprint density at radius 3 is 2.61 bits per heavy atom. The smallest absolute Gasteiger partial charge is 0.267 e. The summed E-state index contributed by atoms with van der Waals surface area (Å²) in [7, 11) is 0. The first-order valence-corrected chi connectivity index (χ1v) is 10.2. The molecule has 2 heterocycles. The molecule has 1 amide bonds. The molecule has 0 fully saturated rings. The first-order valence-electron chi connectivity index (χ1n) is 9.42. The molecule has 0 bridgehead atoms. The summed E-state index contributed by atoms with van der Waals surface area (Å²) in [5.41, 5.74) is 3.36. The Kier molecular flexibility index (Phi) is 6.36. The fourth-order valence-corrected chi connectivity index (χ4v) is 3.75. The third-order valence-electron chi connectivity index (χ3n) is 4.48. The molecule has 0 radical (unpaired) electrons. The van der Waals surface area contributed by atoms with E-state index in [1.165, 1.54) is 9.56 Å². The molecule has 0 aliphatic heterocycles. The van der Waals surface area contributed by atoms with Crippen LogP contribution in [-0.2, 0) is 6.54 Å². The second kappa shape index (κ2) is 8.93. The quantitative estimate of drug-likeness (QED) is 0.371. The number of aromatic nitrogens is 2. The summed E-state index contributed by atoms with van der Waals surface area (Å²) >= 11 is 1.62. The molecule has 6 nitrogen and oxygen atoms in total. The van der Waals surface area contributed by atoms with Crippen LogP contribution in [0.15, 0.2) is 46.3 Å². The van der Waals surface area contributed by atoms with Gasteiger partial charge < -0.3 is 0 Å². The van der Waals surface area contributed by atoms with Crippen molar-refractivity contribution in [3.8, 4) is 0 Å². The predicted molar refractivity (Wildman–Crippen MR) is 114 cm³/mol. The number of hydrogen-bond acceptors (Lipinski definition) is 5. The molecule has 1 N–H and O–H groups in total. The van der Waals surface area contributed by atoms with Crippen LogP contribution >= 0.6 is 11.3 Å². The van der Waals surface area contributed by atoms with Crippen LogP contribution in [0.1, 0.15) is 53.4 Å². The van der Waals surface area contributed by atoms with Gasteiger partial charge in [0.1, 0.15) is 0 Å². The number of rotatable bonds is 7. The maximum atomic E-state index is 12.8. The standard InChI is InChI=1S/C21H24N4O2S/c1-4-5-8-13-25-21(27)17-10-7-6-9-16(17)19(24-25)20(26)23-22-15(3)18-12-11-14(2)28-18/h6-7,9-12H,4-5,8,13H2,1-3H3,(H,23,26)/b22-15-. The number of nitrogens with one attached hydrogen (secondary N) is 1. The number of nitrogens with zero attached hydrogens (tertiary/aromatic N) is 3. The zero-order valence-corrected chi connectivity index (χ0v) is 17.2. The van der Waals surface area contributed by atoms with Gasteiger partial charge in [-0.2, -0.15) is 10.2 Å². The number of thiophene rings is 1. The van der Waals surface area contributed by atoms with Crippen LogP contribution in [0.5, 0.6) is 0 Å². The minimum absolute atomic E-state index is 0.169.